The SMILES string of the molecule is Cc1cc(C)c2c(c1Cl)CCC2. The molecule has 0 saturated carbocycles. The average molecular weight is 181 g/mol. The third-order valence-electron chi connectivity index (χ3n) is 2.74. The molecule has 0 nitrogen and oxygen atoms in total. The van der Waals surface area contributed by atoms with E-state index in [2.05, 4.69) is 19.9 Å². The van der Waals surface area contributed by atoms with Gasteiger partial charge in [0, 0.05) is 5.02 Å². The molecular formula is C11H13Cl. The van der Waals surface area contributed by atoms with Gasteiger partial charge in [-0.3, -0.25) is 0 Å². The summed E-state index contributed by atoms with van der Waals surface area (Å²) in [5.41, 5.74) is 5.57. The molecule has 1 aromatic rings. The van der Waals surface area contributed by atoms with Gasteiger partial charge in [0.1, 0.15) is 0 Å². The lowest BCUT2D eigenvalue weighted by molar-refractivity contribution is 0.909. The fraction of sp³-hybridized carbons (Fsp3) is 0.455. The Kier molecular flexibility index (Phi) is 1.88. The van der Waals surface area contributed by atoms with Crippen molar-refractivity contribution < 1.29 is 0 Å². The minimum absolute atomic E-state index is 1.01. The van der Waals surface area contributed by atoms with Gasteiger partial charge in [-0.25, -0.2) is 0 Å². The Bertz CT molecular complexity index is 326. The third kappa shape index (κ3) is 1.06. The van der Waals surface area contributed by atoms with E-state index in [-0.39, 0.29) is 0 Å². The van der Waals surface area contributed by atoms with E-state index >= 15 is 0 Å². The maximum absolute atomic E-state index is 6.21. The second kappa shape index (κ2) is 2.77. The minimum atomic E-state index is 1.01. The van der Waals surface area contributed by atoms with Crippen molar-refractivity contribution in [3.63, 3.8) is 0 Å². The van der Waals surface area contributed by atoms with Crippen LogP contribution in [0.15, 0.2) is 6.07 Å². The van der Waals surface area contributed by atoms with E-state index in [1.54, 1.807) is 0 Å². The van der Waals surface area contributed by atoms with E-state index in [0.717, 1.165) is 5.02 Å². The zero-order valence-corrected chi connectivity index (χ0v) is 8.33. The van der Waals surface area contributed by atoms with Crippen molar-refractivity contribution in [1.82, 2.24) is 0 Å². The molecular weight excluding hydrogens is 168 g/mol. The Hall–Kier alpha value is -0.490. The van der Waals surface area contributed by atoms with E-state index in [0.29, 0.717) is 0 Å². The van der Waals surface area contributed by atoms with E-state index in [9.17, 15) is 0 Å². The summed E-state index contributed by atoms with van der Waals surface area (Å²) in [6, 6.07) is 2.20. The zero-order chi connectivity index (χ0) is 8.72. The van der Waals surface area contributed by atoms with E-state index in [1.807, 2.05) is 0 Å². The maximum atomic E-state index is 6.21. The minimum Gasteiger partial charge on any atom is -0.0837 e. The highest BCUT2D eigenvalue weighted by Gasteiger charge is 2.17. The van der Waals surface area contributed by atoms with Crippen molar-refractivity contribution in [2.24, 2.45) is 0 Å². The lowest BCUT2D eigenvalue weighted by Crippen LogP contribution is -1.91. The van der Waals surface area contributed by atoms with Crippen LogP contribution in [0.3, 0.4) is 0 Å². The molecule has 1 heteroatoms. The summed E-state index contributed by atoms with van der Waals surface area (Å²) >= 11 is 6.21. The molecule has 0 atom stereocenters. The van der Waals surface area contributed by atoms with Crippen molar-refractivity contribution in [3.05, 3.63) is 33.3 Å². The normalized spacial score (nSPS) is 14.9. The molecule has 0 aromatic heterocycles. The summed E-state index contributed by atoms with van der Waals surface area (Å²) in [5.74, 6) is 0. The Morgan fingerprint density at radius 3 is 2.50 bits per heavy atom. The number of benzene rings is 1. The highest BCUT2D eigenvalue weighted by molar-refractivity contribution is 6.32. The number of rotatable bonds is 0. The fourth-order valence-corrected chi connectivity index (χ4v) is 2.40. The summed E-state index contributed by atoms with van der Waals surface area (Å²) in [6.45, 7) is 4.28. The molecule has 64 valence electrons. The molecule has 0 amide bonds. The predicted molar refractivity (Wildman–Crippen MR) is 53.0 cm³/mol. The molecule has 1 aliphatic carbocycles. The van der Waals surface area contributed by atoms with Gasteiger partial charge in [-0.2, -0.15) is 0 Å². The summed E-state index contributed by atoms with van der Waals surface area (Å²) in [5, 5.41) is 1.01. The van der Waals surface area contributed by atoms with Crippen LogP contribution >= 0.6 is 11.6 Å². The number of halogens is 1. The Labute approximate surface area is 78.6 Å². The summed E-state index contributed by atoms with van der Waals surface area (Å²) in [4.78, 5) is 0. The van der Waals surface area contributed by atoms with Crippen LogP contribution in [0, 0.1) is 13.8 Å². The Morgan fingerprint density at radius 2 is 1.75 bits per heavy atom. The van der Waals surface area contributed by atoms with Gasteiger partial charge in [-0.15, -0.1) is 0 Å². The van der Waals surface area contributed by atoms with Crippen LogP contribution in [0.5, 0.6) is 0 Å². The Morgan fingerprint density at radius 1 is 1.08 bits per heavy atom. The van der Waals surface area contributed by atoms with Gasteiger partial charge in [0.25, 0.3) is 0 Å². The first-order valence-electron chi connectivity index (χ1n) is 4.47. The predicted octanol–water partition coefficient (Wildman–Crippen LogP) is 3.45. The second-order valence-electron chi connectivity index (χ2n) is 3.64. The fourth-order valence-electron chi connectivity index (χ4n) is 2.13. The lowest BCUT2D eigenvalue weighted by Gasteiger charge is -2.08. The molecule has 0 fully saturated rings. The van der Waals surface area contributed by atoms with Gasteiger partial charge in [-0.1, -0.05) is 17.7 Å². The molecule has 0 aliphatic heterocycles. The number of aryl methyl sites for hydroxylation is 2. The standard InChI is InChI=1S/C11H13Cl/c1-7-6-8(2)11(12)10-5-3-4-9(7)10/h6H,3-5H2,1-2H3. The van der Waals surface area contributed by atoms with Crippen LogP contribution < -0.4 is 0 Å². The van der Waals surface area contributed by atoms with Crippen LogP contribution in [0.25, 0.3) is 0 Å². The molecule has 0 radical (unpaired) electrons. The second-order valence-corrected chi connectivity index (χ2v) is 4.01. The van der Waals surface area contributed by atoms with E-state index in [1.165, 1.54) is 41.5 Å². The van der Waals surface area contributed by atoms with Crippen LogP contribution in [0.2, 0.25) is 5.02 Å². The van der Waals surface area contributed by atoms with Crippen LogP contribution in [-0.2, 0) is 12.8 Å². The highest BCUT2D eigenvalue weighted by Crippen LogP contribution is 2.33. The van der Waals surface area contributed by atoms with Crippen LogP contribution in [-0.4, -0.2) is 0 Å². The van der Waals surface area contributed by atoms with Gasteiger partial charge in [-0.05, 0) is 55.4 Å². The molecule has 12 heavy (non-hydrogen) atoms. The summed E-state index contributed by atoms with van der Waals surface area (Å²) in [6.07, 6.45) is 3.68. The average Bonchev–Trinajstić information content (AvgIpc) is 2.48. The first kappa shape index (κ1) is 8.12. The molecule has 1 aromatic carbocycles. The van der Waals surface area contributed by atoms with Crippen molar-refractivity contribution >= 4 is 11.6 Å². The monoisotopic (exact) mass is 180 g/mol. The largest absolute Gasteiger partial charge is 0.0837 e. The molecule has 0 saturated heterocycles. The summed E-state index contributed by atoms with van der Waals surface area (Å²) in [7, 11) is 0. The molecule has 0 unspecified atom stereocenters. The molecule has 0 bridgehead atoms. The van der Waals surface area contributed by atoms with Gasteiger partial charge in [0.15, 0.2) is 0 Å². The van der Waals surface area contributed by atoms with Crippen LogP contribution in [0.1, 0.15) is 28.7 Å². The van der Waals surface area contributed by atoms with Crippen molar-refractivity contribution in [2.75, 3.05) is 0 Å². The number of fused-ring (bicyclic) bond motifs is 1. The molecule has 0 spiro atoms. The first-order chi connectivity index (χ1) is 5.70. The lowest BCUT2D eigenvalue weighted by atomic mass is 10.0. The molecule has 2 rings (SSSR count). The van der Waals surface area contributed by atoms with Crippen molar-refractivity contribution in [2.45, 2.75) is 33.1 Å². The quantitative estimate of drug-likeness (QED) is 0.574. The van der Waals surface area contributed by atoms with E-state index in [4.69, 9.17) is 11.6 Å². The van der Waals surface area contributed by atoms with Gasteiger partial charge in [0.2, 0.25) is 0 Å². The zero-order valence-electron chi connectivity index (χ0n) is 7.58. The molecule has 0 N–H and O–H groups in total. The van der Waals surface area contributed by atoms with Crippen LogP contribution in [0.4, 0.5) is 0 Å². The molecule has 1 aliphatic rings. The summed E-state index contributed by atoms with van der Waals surface area (Å²) < 4.78 is 0. The van der Waals surface area contributed by atoms with Gasteiger partial charge < -0.3 is 0 Å². The third-order valence-corrected chi connectivity index (χ3v) is 3.26. The Balaban J connectivity index is 2.69. The topological polar surface area (TPSA) is 0 Å². The van der Waals surface area contributed by atoms with E-state index < -0.39 is 0 Å². The van der Waals surface area contributed by atoms with Crippen molar-refractivity contribution in [1.29, 1.82) is 0 Å². The first-order valence-corrected chi connectivity index (χ1v) is 4.85. The maximum Gasteiger partial charge on any atom is 0.0470 e. The number of hydrogen-bond acceptors (Lipinski definition) is 0. The number of hydrogen-bond donors (Lipinski definition) is 0. The smallest absolute Gasteiger partial charge is 0.0470 e. The van der Waals surface area contributed by atoms with Crippen molar-refractivity contribution in [3.8, 4) is 0 Å². The van der Waals surface area contributed by atoms with Gasteiger partial charge >= 0.3 is 0 Å². The van der Waals surface area contributed by atoms with Gasteiger partial charge in [0.05, 0.1) is 0 Å². The highest BCUT2D eigenvalue weighted by atomic mass is 35.5. The molecule has 0 heterocycles.